The molecule has 0 radical (unpaired) electrons. The predicted octanol–water partition coefficient (Wildman–Crippen LogP) is 5.57. The lowest BCUT2D eigenvalue weighted by Crippen LogP contribution is -2.07. The van der Waals surface area contributed by atoms with Gasteiger partial charge in [-0.1, -0.05) is 40.0 Å². The maximum atomic E-state index is 10.5. The fourth-order valence-corrected chi connectivity index (χ4v) is 3.07. The highest BCUT2D eigenvalue weighted by Crippen LogP contribution is 2.32. The first-order valence-electron chi connectivity index (χ1n) is 9.03. The van der Waals surface area contributed by atoms with Gasteiger partial charge in [-0.25, -0.2) is 0 Å². The van der Waals surface area contributed by atoms with E-state index in [1.807, 2.05) is 6.07 Å². The minimum absolute atomic E-state index is 0.505. The summed E-state index contributed by atoms with van der Waals surface area (Å²) in [7, 11) is 1.77. The molecule has 0 fully saturated rings. The lowest BCUT2D eigenvalue weighted by Gasteiger charge is -2.20. The first-order chi connectivity index (χ1) is 10.7. The molecule has 0 aliphatic heterocycles. The molecule has 2 heteroatoms. The molecular weight excluding hydrogens is 272 g/mol. The Morgan fingerprint density at radius 2 is 1.36 bits per heavy atom. The number of aryl methyl sites for hydroxylation is 1. The molecule has 1 aromatic rings. The van der Waals surface area contributed by atoms with Gasteiger partial charge in [0, 0.05) is 7.11 Å². The minimum Gasteiger partial charge on any atom is -0.508 e. The van der Waals surface area contributed by atoms with Crippen LogP contribution in [0, 0.1) is 0 Å². The lowest BCUT2D eigenvalue weighted by atomic mass is 9.88. The monoisotopic (exact) mass is 306 g/mol. The smallest absolute Gasteiger partial charge is 0.119 e. The van der Waals surface area contributed by atoms with Gasteiger partial charge in [0.2, 0.25) is 0 Å². The van der Waals surface area contributed by atoms with Gasteiger partial charge in [-0.05, 0) is 66.8 Å². The molecule has 2 nitrogen and oxygen atoms in total. The number of hydrogen-bond donors (Lipinski definition) is 1. The summed E-state index contributed by atoms with van der Waals surface area (Å²) in [6.45, 7) is 7.30. The second-order valence-electron chi connectivity index (χ2n) is 6.23. The van der Waals surface area contributed by atoms with Crippen LogP contribution in [0.2, 0.25) is 0 Å². The summed E-state index contributed by atoms with van der Waals surface area (Å²) in [6.07, 6.45) is 10.1. The van der Waals surface area contributed by atoms with Crippen LogP contribution < -0.4 is 0 Å². The van der Waals surface area contributed by atoms with Crippen molar-refractivity contribution in [2.45, 2.75) is 85.2 Å². The molecule has 0 aliphatic carbocycles. The van der Waals surface area contributed by atoms with Crippen molar-refractivity contribution in [2.24, 2.45) is 0 Å². The van der Waals surface area contributed by atoms with E-state index in [1.54, 1.807) is 7.11 Å². The number of hydrogen-bond acceptors (Lipinski definition) is 2. The van der Waals surface area contributed by atoms with Gasteiger partial charge in [0.15, 0.2) is 0 Å². The molecule has 22 heavy (non-hydrogen) atoms. The van der Waals surface area contributed by atoms with Crippen molar-refractivity contribution in [1.29, 1.82) is 0 Å². The topological polar surface area (TPSA) is 29.5 Å². The normalized spacial score (nSPS) is 11.1. The maximum Gasteiger partial charge on any atom is 0.119 e. The Balaban J connectivity index is 3.26. The summed E-state index contributed by atoms with van der Waals surface area (Å²) >= 11 is 0. The number of benzene rings is 1. The molecular formula is C20H34O2. The number of unbranched alkanes of at least 4 members (excludes halogenated alkanes) is 3. The molecule has 0 spiro atoms. The van der Waals surface area contributed by atoms with Crippen molar-refractivity contribution in [3.05, 3.63) is 28.3 Å². The van der Waals surface area contributed by atoms with Crippen LogP contribution in [-0.4, -0.2) is 12.2 Å². The third kappa shape index (κ3) is 5.31. The summed E-state index contributed by atoms with van der Waals surface area (Å²) < 4.78 is 5.49. The van der Waals surface area contributed by atoms with Crippen LogP contribution in [0.25, 0.3) is 0 Å². The van der Waals surface area contributed by atoms with Gasteiger partial charge in [0.25, 0.3) is 0 Å². The Bertz CT molecular complexity index is 438. The van der Waals surface area contributed by atoms with Crippen molar-refractivity contribution in [1.82, 2.24) is 0 Å². The SMILES string of the molecule is CCCCc1cc(O)c(CCCC)c(CCCC)c1COC. The van der Waals surface area contributed by atoms with Crippen molar-refractivity contribution >= 4 is 0 Å². The Morgan fingerprint density at radius 1 is 0.818 bits per heavy atom. The maximum absolute atomic E-state index is 10.5. The zero-order valence-electron chi connectivity index (χ0n) is 15.0. The number of ether oxygens (including phenoxy) is 1. The zero-order chi connectivity index (χ0) is 16.4. The van der Waals surface area contributed by atoms with E-state index in [2.05, 4.69) is 20.8 Å². The first-order valence-corrected chi connectivity index (χ1v) is 9.03. The molecule has 0 saturated carbocycles. The van der Waals surface area contributed by atoms with E-state index in [9.17, 15) is 5.11 Å². The second kappa shape index (κ2) is 10.7. The molecule has 0 amide bonds. The molecule has 1 aromatic carbocycles. The van der Waals surface area contributed by atoms with E-state index in [0.29, 0.717) is 12.4 Å². The van der Waals surface area contributed by atoms with Crippen molar-refractivity contribution in [2.75, 3.05) is 7.11 Å². The predicted molar refractivity (Wildman–Crippen MR) is 94.7 cm³/mol. The number of rotatable bonds is 11. The van der Waals surface area contributed by atoms with E-state index >= 15 is 0 Å². The van der Waals surface area contributed by atoms with Crippen LogP contribution in [0.4, 0.5) is 0 Å². The molecule has 0 atom stereocenters. The van der Waals surface area contributed by atoms with Gasteiger partial charge < -0.3 is 9.84 Å². The third-order valence-corrected chi connectivity index (χ3v) is 4.39. The zero-order valence-corrected chi connectivity index (χ0v) is 15.0. The largest absolute Gasteiger partial charge is 0.508 e. The molecule has 1 N–H and O–H groups in total. The van der Waals surface area contributed by atoms with Crippen LogP contribution >= 0.6 is 0 Å². The number of phenolic OH excluding ortho intramolecular Hbond substituents is 1. The Hall–Kier alpha value is -1.02. The number of aromatic hydroxyl groups is 1. The van der Waals surface area contributed by atoms with E-state index in [-0.39, 0.29) is 0 Å². The van der Waals surface area contributed by atoms with Crippen LogP contribution in [0.3, 0.4) is 0 Å². The highest BCUT2D eigenvalue weighted by atomic mass is 16.5. The average Bonchev–Trinajstić information content (AvgIpc) is 2.52. The fourth-order valence-electron chi connectivity index (χ4n) is 3.07. The third-order valence-electron chi connectivity index (χ3n) is 4.39. The first kappa shape index (κ1) is 19.0. The lowest BCUT2D eigenvalue weighted by molar-refractivity contribution is 0.183. The van der Waals surface area contributed by atoms with Crippen molar-refractivity contribution < 1.29 is 9.84 Å². The Morgan fingerprint density at radius 3 is 1.91 bits per heavy atom. The molecule has 1 rings (SSSR count). The molecule has 0 aliphatic rings. The van der Waals surface area contributed by atoms with Gasteiger partial charge in [0.1, 0.15) is 5.75 Å². The van der Waals surface area contributed by atoms with Crippen molar-refractivity contribution in [3.63, 3.8) is 0 Å². The van der Waals surface area contributed by atoms with Crippen LogP contribution in [-0.2, 0) is 30.6 Å². The second-order valence-corrected chi connectivity index (χ2v) is 6.23. The van der Waals surface area contributed by atoms with E-state index < -0.39 is 0 Å². The summed E-state index contributed by atoms with van der Waals surface area (Å²) in [4.78, 5) is 0. The summed E-state index contributed by atoms with van der Waals surface area (Å²) in [5.41, 5.74) is 5.16. The van der Waals surface area contributed by atoms with Gasteiger partial charge in [-0.2, -0.15) is 0 Å². The molecule has 0 bridgehead atoms. The van der Waals surface area contributed by atoms with Gasteiger partial charge in [-0.15, -0.1) is 0 Å². The van der Waals surface area contributed by atoms with Crippen LogP contribution in [0.5, 0.6) is 5.75 Å². The highest BCUT2D eigenvalue weighted by molar-refractivity contribution is 5.49. The minimum atomic E-state index is 0.505. The highest BCUT2D eigenvalue weighted by Gasteiger charge is 2.17. The molecule has 0 heterocycles. The number of methoxy groups -OCH3 is 1. The summed E-state index contributed by atoms with van der Waals surface area (Å²) in [5.74, 6) is 0.505. The van der Waals surface area contributed by atoms with E-state index in [4.69, 9.17) is 4.74 Å². The van der Waals surface area contributed by atoms with Crippen LogP contribution in [0.1, 0.15) is 81.5 Å². The molecule has 0 unspecified atom stereocenters. The molecule has 126 valence electrons. The van der Waals surface area contributed by atoms with Gasteiger partial charge in [-0.3, -0.25) is 0 Å². The summed E-state index contributed by atoms with van der Waals surface area (Å²) in [6, 6.07) is 2.00. The number of phenols is 1. The standard InChI is InChI=1S/C20H34O2/c1-5-8-11-16-14-20(21)18(13-10-7-3)17(12-9-6-2)19(16)15-22-4/h14,21H,5-13,15H2,1-4H3. The van der Waals surface area contributed by atoms with Crippen LogP contribution in [0.15, 0.2) is 6.07 Å². The molecule has 0 saturated heterocycles. The molecule has 0 aromatic heterocycles. The Labute approximate surface area is 136 Å². The van der Waals surface area contributed by atoms with E-state index in [1.165, 1.54) is 41.5 Å². The van der Waals surface area contributed by atoms with E-state index in [0.717, 1.165) is 38.5 Å². The average molecular weight is 306 g/mol. The van der Waals surface area contributed by atoms with Gasteiger partial charge in [0.05, 0.1) is 6.61 Å². The van der Waals surface area contributed by atoms with Crippen molar-refractivity contribution in [3.8, 4) is 5.75 Å². The quantitative estimate of drug-likeness (QED) is 0.579. The van der Waals surface area contributed by atoms with Gasteiger partial charge >= 0.3 is 0 Å². The Kier molecular flexibility index (Phi) is 9.22. The fraction of sp³-hybridized carbons (Fsp3) is 0.700. The summed E-state index contributed by atoms with van der Waals surface area (Å²) in [5, 5.41) is 10.5.